The number of aromatic nitrogens is 1. The van der Waals surface area contributed by atoms with Gasteiger partial charge in [-0.25, -0.2) is 0 Å². The number of hydrogen-bond acceptors (Lipinski definition) is 1. The number of nitrogens with one attached hydrogen (secondary N) is 2. The van der Waals surface area contributed by atoms with Crippen molar-refractivity contribution in [3.8, 4) is 0 Å². The van der Waals surface area contributed by atoms with Crippen molar-refractivity contribution in [3.05, 3.63) is 69.8 Å². The zero-order chi connectivity index (χ0) is 18.5. The van der Waals surface area contributed by atoms with Crippen molar-refractivity contribution in [2.45, 2.75) is 32.1 Å². The molecule has 26 heavy (non-hydrogen) atoms. The van der Waals surface area contributed by atoms with E-state index in [2.05, 4.69) is 23.3 Å². The molecule has 0 unspecified atom stereocenters. The van der Waals surface area contributed by atoms with Crippen LogP contribution in [0.3, 0.4) is 0 Å². The minimum absolute atomic E-state index is 0.0415. The molecule has 0 aliphatic carbocycles. The van der Waals surface area contributed by atoms with Crippen LogP contribution in [0.2, 0.25) is 10.0 Å². The molecule has 1 heterocycles. The molecule has 2 aromatic carbocycles. The van der Waals surface area contributed by atoms with Crippen molar-refractivity contribution in [1.82, 2.24) is 10.3 Å². The van der Waals surface area contributed by atoms with Crippen molar-refractivity contribution in [3.63, 3.8) is 0 Å². The molecular formula is C21H22Cl2N2O. The second kappa shape index (κ2) is 8.61. The van der Waals surface area contributed by atoms with Gasteiger partial charge >= 0.3 is 0 Å². The number of para-hydroxylation sites is 1. The van der Waals surface area contributed by atoms with Gasteiger partial charge in [0.25, 0.3) is 0 Å². The van der Waals surface area contributed by atoms with Crippen molar-refractivity contribution < 1.29 is 4.79 Å². The van der Waals surface area contributed by atoms with E-state index in [-0.39, 0.29) is 11.8 Å². The SMILES string of the molecule is CCCCNC(=O)C[C@H](c1ccc(Cl)c(Cl)c1)c1c[nH]c2ccccc12. The topological polar surface area (TPSA) is 44.9 Å². The number of fused-ring (bicyclic) bond motifs is 1. The van der Waals surface area contributed by atoms with Gasteiger partial charge in [-0.05, 0) is 35.7 Å². The number of amides is 1. The Morgan fingerprint density at radius 1 is 1.15 bits per heavy atom. The summed E-state index contributed by atoms with van der Waals surface area (Å²) in [5.74, 6) is -0.0534. The highest BCUT2D eigenvalue weighted by Gasteiger charge is 2.22. The molecule has 0 fully saturated rings. The maximum atomic E-state index is 12.5. The van der Waals surface area contributed by atoms with E-state index in [0.717, 1.165) is 34.9 Å². The van der Waals surface area contributed by atoms with Crippen LogP contribution in [0.1, 0.15) is 43.2 Å². The number of carbonyl (C=O) groups is 1. The lowest BCUT2D eigenvalue weighted by molar-refractivity contribution is -0.121. The lowest BCUT2D eigenvalue weighted by atomic mass is 9.88. The minimum atomic E-state index is -0.0949. The number of hydrogen-bond donors (Lipinski definition) is 2. The van der Waals surface area contributed by atoms with Crippen molar-refractivity contribution in [1.29, 1.82) is 0 Å². The summed E-state index contributed by atoms with van der Waals surface area (Å²) in [5.41, 5.74) is 3.12. The lowest BCUT2D eigenvalue weighted by Crippen LogP contribution is -2.26. The first kappa shape index (κ1) is 18.8. The molecule has 0 aliphatic rings. The molecule has 0 aliphatic heterocycles. The molecule has 0 bridgehead atoms. The summed E-state index contributed by atoms with van der Waals surface area (Å²) in [7, 11) is 0. The maximum Gasteiger partial charge on any atom is 0.220 e. The van der Waals surface area contributed by atoms with Crippen LogP contribution in [-0.4, -0.2) is 17.4 Å². The minimum Gasteiger partial charge on any atom is -0.361 e. The average Bonchev–Trinajstić information content (AvgIpc) is 3.06. The Kier molecular flexibility index (Phi) is 6.23. The highest BCUT2D eigenvalue weighted by Crippen LogP contribution is 2.35. The second-order valence-electron chi connectivity index (χ2n) is 6.42. The molecule has 0 saturated carbocycles. The number of halogens is 2. The average molecular weight is 389 g/mol. The summed E-state index contributed by atoms with van der Waals surface area (Å²) in [6.45, 7) is 2.81. The maximum absolute atomic E-state index is 12.5. The first-order chi connectivity index (χ1) is 12.6. The summed E-state index contributed by atoms with van der Waals surface area (Å²) in [4.78, 5) is 15.8. The van der Waals surface area contributed by atoms with E-state index in [1.54, 1.807) is 6.07 Å². The molecule has 0 radical (unpaired) electrons. The van der Waals surface area contributed by atoms with Crippen LogP contribution in [0.25, 0.3) is 10.9 Å². The van der Waals surface area contributed by atoms with E-state index in [1.165, 1.54) is 0 Å². The molecule has 5 heteroatoms. The van der Waals surface area contributed by atoms with Crippen LogP contribution in [0.5, 0.6) is 0 Å². The van der Waals surface area contributed by atoms with E-state index >= 15 is 0 Å². The Labute approximate surface area is 163 Å². The van der Waals surface area contributed by atoms with Gasteiger partial charge in [-0.15, -0.1) is 0 Å². The fraction of sp³-hybridized carbons (Fsp3) is 0.286. The number of benzene rings is 2. The molecule has 0 saturated heterocycles. The number of H-pyrrole nitrogens is 1. The van der Waals surface area contributed by atoms with Gasteiger partial charge in [0.1, 0.15) is 0 Å². The fourth-order valence-electron chi connectivity index (χ4n) is 3.18. The lowest BCUT2D eigenvalue weighted by Gasteiger charge is -2.18. The number of aromatic amines is 1. The third kappa shape index (κ3) is 4.22. The quantitative estimate of drug-likeness (QED) is 0.485. The van der Waals surface area contributed by atoms with Crippen LogP contribution < -0.4 is 5.32 Å². The van der Waals surface area contributed by atoms with E-state index in [1.807, 2.05) is 36.5 Å². The first-order valence-corrected chi connectivity index (χ1v) is 9.63. The van der Waals surface area contributed by atoms with Gasteiger partial charge in [0.2, 0.25) is 5.91 Å². The summed E-state index contributed by atoms with van der Waals surface area (Å²) >= 11 is 12.3. The van der Waals surface area contributed by atoms with Gasteiger partial charge in [0.05, 0.1) is 10.0 Å². The monoisotopic (exact) mass is 388 g/mol. The van der Waals surface area contributed by atoms with Crippen LogP contribution in [0.15, 0.2) is 48.7 Å². The molecule has 1 amide bonds. The highest BCUT2D eigenvalue weighted by atomic mass is 35.5. The zero-order valence-corrected chi connectivity index (χ0v) is 16.2. The molecule has 136 valence electrons. The Bertz CT molecular complexity index is 904. The van der Waals surface area contributed by atoms with Crippen molar-refractivity contribution >= 4 is 40.0 Å². The van der Waals surface area contributed by atoms with Crippen LogP contribution in [0.4, 0.5) is 0 Å². The summed E-state index contributed by atoms with van der Waals surface area (Å²) in [6.07, 6.45) is 4.38. The molecule has 3 rings (SSSR count). The van der Waals surface area contributed by atoms with Crippen LogP contribution in [0, 0.1) is 0 Å². The van der Waals surface area contributed by atoms with E-state index < -0.39 is 0 Å². The molecule has 1 aromatic heterocycles. The van der Waals surface area contributed by atoms with Crippen molar-refractivity contribution in [2.75, 3.05) is 6.54 Å². The Morgan fingerprint density at radius 2 is 1.96 bits per heavy atom. The van der Waals surface area contributed by atoms with Gasteiger partial charge in [0.15, 0.2) is 0 Å². The van der Waals surface area contributed by atoms with E-state index in [0.29, 0.717) is 23.0 Å². The predicted octanol–water partition coefficient (Wildman–Crippen LogP) is 5.91. The third-order valence-electron chi connectivity index (χ3n) is 4.58. The number of carbonyl (C=O) groups excluding carboxylic acids is 1. The van der Waals surface area contributed by atoms with Crippen LogP contribution >= 0.6 is 23.2 Å². The summed E-state index contributed by atoms with van der Waals surface area (Å²) in [6, 6.07) is 13.7. The van der Waals surface area contributed by atoms with E-state index in [4.69, 9.17) is 23.2 Å². The standard InChI is InChI=1S/C21H22Cl2N2O/c1-2-3-10-24-21(26)12-16(14-8-9-18(22)19(23)11-14)17-13-25-20-7-5-4-6-15(17)20/h4-9,11,13,16,25H,2-3,10,12H2,1H3,(H,24,26)/t16-/m1/s1. The van der Waals surface area contributed by atoms with Gasteiger partial charge in [-0.1, -0.05) is 60.8 Å². The summed E-state index contributed by atoms with van der Waals surface area (Å²) in [5, 5.41) is 5.14. The molecule has 2 N–H and O–H groups in total. The largest absolute Gasteiger partial charge is 0.361 e. The molecule has 3 nitrogen and oxygen atoms in total. The van der Waals surface area contributed by atoms with Crippen LogP contribution in [-0.2, 0) is 4.79 Å². The Morgan fingerprint density at radius 3 is 2.73 bits per heavy atom. The molecule has 0 spiro atoms. The van der Waals surface area contributed by atoms with Crippen molar-refractivity contribution in [2.24, 2.45) is 0 Å². The molecule has 1 atom stereocenters. The summed E-state index contributed by atoms with van der Waals surface area (Å²) < 4.78 is 0. The number of unbranched alkanes of at least 4 members (excludes halogenated alkanes) is 1. The second-order valence-corrected chi connectivity index (χ2v) is 7.24. The van der Waals surface area contributed by atoms with Gasteiger partial charge in [-0.3, -0.25) is 4.79 Å². The number of rotatable bonds is 7. The van der Waals surface area contributed by atoms with Gasteiger partial charge in [-0.2, -0.15) is 0 Å². The molecular weight excluding hydrogens is 367 g/mol. The molecule has 3 aromatic rings. The predicted molar refractivity (Wildman–Crippen MR) is 109 cm³/mol. The Hall–Kier alpha value is -1.97. The first-order valence-electron chi connectivity index (χ1n) is 8.87. The van der Waals surface area contributed by atoms with E-state index in [9.17, 15) is 4.79 Å². The van der Waals surface area contributed by atoms with Gasteiger partial charge in [0, 0.05) is 36.0 Å². The Balaban J connectivity index is 1.96. The highest BCUT2D eigenvalue weighted by molar-refractivity contribution is 6.42. The zero-order valence-electron chi connectivity index (χ0n) is 14.7. The smallest absolute Gasteiger partial charge is 0.220 e. The third-order valence-corrected chi connectivity index (χ3v) is 5.32. The normalized spacial score (nSPS) is 12.3. The van der Waals surface area contributed by atoms with Gasteiger partial charge < -0.3 is 10.3 Å². The fourth-order valence-corrected chi connectivity index (χ4v) is 3.49.